The number of hydrogen-bond donors (Lipinski definition) is 0. The van der Waals surface area contributed by atoms with Gasteiger partial charge in [-0.15, -0.1) is 18.2 Å². The molecule has 0 fully saturated rings. The molecule has 0 saturated carbocycles. The van der Waals surface area contributed by atoms with Gasteiger partial charge in [-0.3, -0.25) is 4.98 Å². The molecule has 313 valence electrons. The van der Waals surface area contributed by atoms with E-state index >= 15 is 0 Å². The summed E-state index contributed by atoms with van der Waals surface area (Å²) >= 11 is -1.90. The van der Waals surface area contributed by atoms with Gasteiger partial charge < -0.3 is 8.98 Å². The molecule has 5 aromatic carbocycles. The molecular weight excluding hydrogens is 985 g/mol. The van der Waals surface area contributed by atoms with Gasteiger partial charge in [-0.2, -0.15) is 0 Å². The first-order valence-corrected chi connectivity index (χ1v) is 28.6. The van der Waals surface area contributed by atoms with E-state index in [-0.39, 0.29) is 20.1 Å². The zero-order chi connectivity index (χ0) is 42.5. The molecule has 0 aliphatic heterocycles. The van der Waals surface area contributed by atoms with Gasteiger partial charge in [-0.05, 0) is 71.0 Å². The Morgan fingerprint density at radius 1 is 0.754 bits per heavy atom. The number of furan rings is 1. The van der Waals surface area contributed by atoms with Gasteiger partial charge in [-0.1, -0.05) is 75.0 Å². The van der Waals surface area contributed by atoms with Gasteiger partial charge in [0.25, 0.3) is 0 Å². The molecule has 4 aromatic heterocycles. The summed E-state index contributed by atoms with van der Waals surface area (Å²) in [6.45, 7) is 18.0. The van der Waals surface area contributed by atoms with Crippen LogP contribution in [0.15, 0.2) is 120 Å². The average Bonchev–Trinajstić information content (AvgIpc) is 3.77. The Labute approximate surface area is 377 Å². The molecule has 61 heavy (non-hydrogen) atoms. The Bertz CT molecular complexity index is 3000. The molecule has 0 aliphatic carbocycles. The van der Waals surface area contributed by atoms with E-state index in [1.165, 1.54) is 37.5 Å². The number of aromatic nitrogens is 4. The normalized spacial score (nSPS) is 12.1. The first-order chi connectivity index (χ1) is 28.6. The van der Waals surface area contributed by atoms with Gasteiger partial charge >= 0.3 is 132 Å². The maximum atomic E-state index is 6.44. The molecule has 0 aliphatic rings. The van der Waals surface area contributed by atoms with Crippen molar-refractivity contribution in [2.75, 3.05) is 0 Å². The largest absolute Gasteiger partial charge is 0.486 e. The molecule has 7 heteroatoms. The Morgan fingerprint density at radius 3 is 2.20 bits per heavy atom. The molecule has 9 rings (SSSR count). The Kier molecular flexibility index (Phi) is 12.7. The number of para-hydroxylation sites is 2. The van der Waals surface area contributed by atoms with Crippen LogP contribution in [0.4, 0.5) is 0 Å². The van der Waals surface area contributed by atoms with Gasteiger partial charge in [0.2, 0.25) is 5.71 Å². The van der Waals surface area contributed by atoms with Gasteiger partial charge in [0.1, 0.15) is 0 Å². The summed E-state index contributed by atoms with van der Waals surface area (Å²) in [7, 11) is 0. The molecule has 0 amide bonds. The Hall–Kier alpha value is -4.88. The quantitative estimate of drug-likeness (QED) is 0.118. The van der Waals surface area contributed by atoms with Gasteiger partial charge in [0, 0.05) is 36.9 Å². The fourth-order valence-electron chi connectivity index (χ4n) is 8.55. The summed E-state index contributed by atoms with van der Waals surface area (Å²) in [6, 6.07) is 44.8. The fourth-order valence-corrected chi connectivity index (χ4v) is 11.9. The molecule has 0 atom stereocenters. The van der Waals surface area contributed by atoms with Gasteiger partial charge in [0.15, 0.2) is 0 Å². The van der Waals surface area contributed by atoms with E-state index in [1.807, 2.05) is 37.3 Å². The Balaban J connectivity index is 0.000000217. The van der Waals surface area contributed by atoms with Crippen molar-refractivity contribution in [3.8, 4) is 28.3 Å². The maximum absolute atomic E-state index is 6.44. The predicted octanol–water partition coefficient (Wildman–Crippen LogP) is 14.2. The minimum Gasteiger partial charge on any atom is -0.486 e. The number of imidazole rings is 1. The topological polar surface area (TPSA) is 56.7 Å². The van der Waals surface area contributed by atoms with Crippen molar-refractivity contribution in [2.45, 2.75) is 90.9 Å². The van der Waals surface area contributed by atoms with E-state index in [0.29, 0.717) is 23.0 Å². The van der Waals surface area contributed by atoms with E-state index in [1.54, 1.807) is 0 Å². The summed E-state index contributed by atoms with van der Waals surface area (Å²) in [5, 5.41) is 4.58. The number of benzene rings is 5. The zero-order valence-electron chi connectivity index (χ0n) is 37.4. The number of pyridine rings is 2. The van der Waals surface area contributed by atoms with Crippen molar-refractivity contribution in [2.24, 2.45) is 5.41 Å². The maximum Gasteiger partial charge on any atom is 0.216 e. The number of fused-ring (bicyclic) bond motifs is 5. The number of rotatable bonds is 7. The fraction of sp³-hybridized carbons (Fsp3) is 0.278. The van der Waals surface area contributed by atoms with Crippen molar-refractivity contribution in [1.82, 2.24) is 19.5 Å². The number of nitrogens with zero attached hydrogens (tertiary/aromatic N) is 4. The monoisotopic (exact) mass is 1040 g/mol. The molecular formula is C54H56GeIrN4O-2. The third-order valence-corrected chi connectivity index (χ3v) is 15.6. The summed E-state index contributed by atoms with van der Waals surface area (Å²) in [5.74, 6) is 8.77. The second kappa shape index (κ2) is 17.5. The van der Waals surface area contributed by atoms with Crippen LogP contribution in [-0.4, -0.2) is 32.8 Å². The van der Waals surface area contributed by atoms with Crippen LogP contribution in [0.2, 0.25) is 17.3 Å². The smallest absolute Gasteiger partial charge is 0.216 e. The zero-order valence-corrected chi connectivity index (χ0v) is 41.9. The van der Waals surface area contributed by atoms with Crippen LogP contribution in [0.5, 0.6) is 0 Å². The van der Waals surface area contributed by atoms with Crippen molar-refractivity contribution in [3.63, 3.8) is 0 Å². The molecule has 0 N–H and O–H groups in total. The minimum atomic E-state index is -1.90. The van der Waals surface area contributed by atoms with E-state index < -0.39 is 13.3 Å². The summed E-state index contributed by atoms with van der Waals surface area (Å²) in [6.07, 6.45) is 3.24. The Morgan fingerprint density at radius 2 is 1.49 bits per heavy atom. The first kappa shape index (κ1) is 44.2. The molecule has 0 unspecified atom stereocenters. The summed E-state index contributed by atoms with van der Waals surface area (Å²) in [5.41, 5.74) is 12.9. The minimum absolute atomic E-state index is 0. The van der Waals surface area contributed by atoms with Crippen LogP contribution in [0.25, 0.3) is 72.2 Å². The van der Waals surface area contributed by atoms with Crippen molar-refractivity contribution < 1.29 is 24.5 Å². The SMILES string of the molecule is CC(C)(C)Cc1cc(-c2[c-]cccc2)nc[c]1[Ge]([CH3])([CH3])[CH3].Cc1ccc2c(n1)oc1c(-c3nc4ccccc4n3-c3c(C(C)C)cc4ccccc4c3C(C)C)[c-]ccc12.[Ir]. The number of hydrogen-bond acceptors (Lipinski definition) is 4. The van der Waals surface area contributed by atoms with E-state index in [9.17, 15) is 0 Å². The van der Waals surface area contributed by atoms with Crippen molar-refractivity contribution >= 4 is 61.5 Å². The van der Waals surface area contributed by atoms with E-state index in [2.05, 4.69) is 172 Å². The van der Waals surface area contributed by atoms with E-state index in [0.717, 1.165) is 62.1 Å². The first-order valence-electron chi connectivity index (χ1n) is 21.3. The van der Waals surface area contributed by atoms with Crippen LogP contribution >= 0.6 is 0 Å². The second-order valence-corrected chi connectivity index (χ2v) is 29.6. The molecule has 9 aromatic rings. The molecule has 0 spiro atoms. The third kappa shape index (κ3) is 8.91. The third-order valence-electron chi connectivity index (χ3n) is 11.2. The van der Waals surface area contributed by atoms with E-state index in [4.69, 9.17) is 14.4 Å². The molecule has 1 radical (unpaired) electrons. The number of aryl methyl sites for hydroxylation is 1. The van der Waals surface area contributed by atoms with Crippen molar-refractivity contribution in [3.05, 3.63) is 150 Å². The van der Waals surface area contributed by atoms with Gasteiger partial charge in [0.05, 0.1) is 22.4 Å². The van der Waals surface area contributed by atoms with Crippen LogP contribution in [-0.2, 0) is 26.5 Å². The molecule has 5 nitrogen and oxygen atoms in total. The molecule has 4 heterocycles. The predicted molar refractivity (Wildman–Crippen MR) is 255 cm³/mol. The standard InChI is InChI=1S/C35H30N3O.C19H26GeN.Ir/c1-20(2)28-19-23-11-6-7-12-24(23)31(21(3)4)32(28)38-30-16-9-8-15-29(30)37-34(38)27-14-10-13-25-26-18-17-22(5)36-35(26)39-33(25)27;1-19(2,3)13-16-12-18(15-10-8-7-9-11-15)21-14-17(16)20(4,5)6;/h6-13,15-21H,1-5H3;7-10,12,14H,13H2,1-6H3;/q2*-1;. The van der Waals surface area contributed by atoms with Crippen LogP contribution < -0.4 is 4.40 Å². The van der Waals surface area contributed by atoms with Crippen LogP contribution in [0.1, 0.15) is 82.7 Å². The second-order valence-electron chi connectivity index (χ2n) is 19.0. The summed E-state index contributed by atoms with van der Waals surface area (Å²) in [4.78, 5) is 14.6. The average molecular weight is 1040 g/mol. The van der Waals surface area contributed by atoms with Crippen LogP contribution in [0.3, 0.4) is 0 Å². The van der Waals surface area contributed by atoms with Crippen LogP contribution in [0, 0.1) is 24.5 Å². The molecule has 0 bridgehead atoms. The van der Waals surface area contributed by atoms with Crippen molar-refractivity contribution in [1.29, 1.82) is 0 Å². The molecule has 0 saturated heterocycles. The van der Waals surface area contributed by atoms with Gasteiger partial charge in [-0.25, -0.2) is 4.98 Å². The summed E-state index contributed by atoms with van der Waals surface area (Å²) < 4.78 is 10.3.